The van der Waals surface area contributed by atoms with E-state index >= 15 is 0 Å². The van der Waals surface area contributed by atoms with E-state index in [1.54, 1.807) is 30.3 Å². The molecule has 1 saturated carbocycles. The number of amides is 1. The molecule has 0 atom stereocenters. The molecule has 2 rings (SSSR count). The molecule has 2 N–H and O–H groups in total. The van der Waals surface area contributed by atoms with E-state index in [0.29, 0.717) is 30.8 Å². The van der Waals surface area contributed by atoms with Gasteiger partial charge in [-0.15, -0.1) is 0 Å². The van der Waals surface area contributed by atoms with Crippen LogP contribution in [0, 0.1) is 0 Å². The summed E-state index contributed by atoms with van der Waals surface area (Å²) in [7, 11) is 0. The van der Waals surface area contributed by atoms with E-state index in [2.05, 4.69) is 11.9 Å². The van der Waals surface area contributed by atoms with Crippen molar-refractivity contribution in [3.8, 4) is 5.75 Å². The van der Waals surface area contributed by atoms with E-state index in [-0.39, 0.29) is 5.91 Å². The summed E-state index contributed by atoms with van der Waals surface area (Å²) in [6.07, 6.45) is 2.59. The average molecular weight is 261 g/mol. The Labute approximate surface area is 110 Å². The van der Waals surface area contributed by atoms with E-state index in [1.165, 1.54) is 0 Å². The quantitative estimate of drug-likeness (QED) is 0.763. The van der Waals surface area contributed by atoms with Gasteiger partial charge in [0.1, 0.15) is 17.9 Å². The lowest BCUT2D eigenvalue weighted by molar-refractivity contribution is -0.140. The van der Waals surface area contributed by atoms with Gasteiger partial charge in [-0.05, 0) is 37.1 Å². The zero-order valence-electron chi connectivity index (χ0n) is 10.4. The van der Waals surface area contributed by atoms with Crippen LogP contribution in [0.25, 0.3) is 0 Å². The minimum absolute atomic E-state index is 0.379. The largest absolute Gasteiger partial charge is 0.490 e. The van der Waals surface area contributed by atoms with Gasteiger partial charge in [0.25, 0.3) is 5.91 Å². The van der Waals surface area contributed by atoms with Crippen molar-refractivity contribution < 1.29 is 19.4 Å². The number of nitrogens with one attached hydrogen (secondary N) is 1. The second-order valence-corrected chi connectivity index (χ2v) is 4.47. The van der Waals surface area contributed by atoms with Crippen LogP contribution in [-0.4, -0.2) is 29.1 Å². The maximum atomic E-state index is 11.9. The number of carboxylic acid groups (broad SMARTS) is 1. The summed E-state index contributed by atoms with van der Waals surface area (Å²) >= 11 is 0. The van der Waals surface area contributed by atoms with E-state index in [1.807, 2.05) is 0 Å². The molecular weight excluding hydrogens is 246 g/mol. The van der Waals surface area contributed by atoms with Crippen LogP contribution in [0.4, 0.5) is 0 Å². The predicted molar refractivity (Wildman–Crippen MR) is 69.2 cm³/mol. The lowest BCUT2D eigenvalue weighted by Gasteiger charge is -2.12. The molecule has 1 aliphatic rings. The highest BCUT2D eigenvalue weighted by Crippen LogP contribution is 2.35. The summed E-state index contributed by atoms with van der Waals surface area (Å²) < 4.78 is 5.30. The lowest BCUT2D eigenvalue weighted by atomic mass is 10.1. The Balaban J connectivity index is 2.00. The molecule has 0 saturated heterocycles. The smallest absolute Gasteiger partial charge is 0.329 e. The molecule has 5 heteroatoms. The first-order valence-electron chi connectivity index (χ1n) is 5.97. The number of aliphatic carboxylic acids is 1. The highest BCUT2D eigenvalue weighted by atomic mass is 16.5. The summed E-state index contributed by atoms with van der Waals surface area (Å²) in [5, 5.41) is 11.5. The molecule has 0 radical (unpaired) electrons. The van der Waals surface area contributed by atoms with Gasteiger partial charge < -0.3 is 15.2 Å². The van der Waals surface area contributed by atoms with Gasteiger partial charge in [-0.25, -0.2) is 4.79 Å². The molecule has 1 aromatic rings. The Kier molecular flexibility index (Phi) is 3.55. The van der Waals surface area contributed by atoms with Gasteiger partial charge in [0.05, 0.1) is 0 Å². The molecule has 5 nitrogen and oxygen atoms in total. The van der Waals surface area contributed by atoms with Gasteiger partial charge in [0.2, 0.25) is 0 Å². The van der Waals surface area contributed by atoms with Crippen LogP contribution in [0.15, 0.2) is 36.9 Å². The van der Waals surface area contributed by atoms with Crippen LogP contribution in [0.1, 0.15) is 23.2 Å². The minimum Gasteiger partial charge on any atom is -0.490 e. The van der Waals surface area contributed by atoms with E-state index < -0.39 is 11.5 Å². The number of hydrogen-bond acceptors (Lipinski definition) is 3. The summed E-state index contributed by atoms with van der Waals surface area (Å²) in [5.74, 6) is -0.724. The van der Waals surface area contributed by atoms with Gasteiger partial charge in [0.15, 0.2) is 0 Å². The van der Waals surface area contributed by atoms with Gasteiger partial charge in [0, 0.05) is 5.56 Å². The van der Waals surface area contributed by atoms with Crippen molar-refractivity contribution in [2.45, 2.75) is 18.4 Å². The first-order valence-corrected chi connectivity index (χ1v) is 5.97. The Morgan fingerprint density at radius 3 is 2.47 bits per heavy atom. The van der Waals surface area contributed by atoms with Gasteiger partial charge in [-0.3, -0.25) is 4.79 Å². The molecular formula is C14H15NO4. The number of carbonyl (C=O) groups is 2. The number of carbonyl (C=O) groups excluding carboxylic acids is 1. The Morgan fingerprint density at radius 2 is 2.00 bits per heavy atom. The van der Waals surface area contributed by atoms with Gasteiger partial charge in [-0.2, -0.15) is 0 Å². The van der Waals surface area contributed by atoms with Gasteiger partial charge in [-0.1, -0.05) is 12.7 Å². The van der Waals surface area contributed by atoms with Crippen molar-refractivity contribution in [3.63, 3.8) is 0 Å². The van der Waals surface area contributed by atoms with Crippen molar-refractivity contribution in [2.75, 3.05) is 6.61 Å². The summed E-state index contributed by atoms with van der Waals surface area (Å²) in [4.78, 5) is 22.9. The highest BCUT2D eigenvalue weighted by Gasteiger charge is 2.51. The highest BCUT2D eigenvalue weighted by molar-refractivity contribution is 5.98. The number of benzene rings is 1. The standard InChI is InChI=1S/C14H15NO4/c1-2-9-19-11-5-3-10(4-6-11)12(16)15-14(7-8-14)13(17)18/h2-6H,1,7-9H2,(H,15,16)(H,17,18). The van der Waals surface area contributed by atoms with E-state index in [0.717, 1.165) is 0 Å². The molecule has 1 aromatic carbocycles. The lowest BCUT2D eigenvalue weighted by Crippen LogP contribution is -2.43. The van der Waals surface area contributed by atoms with Crippen molar-refractivity contribution in [1.82, 2.24) is 5.32 Å². The molecule has 0 aliphatic heterocycles. The third kappa shape index (κ3) is 2.93. The second kappa shape index (κ2) is 5.14. The van der Waals surface area contributed by atoms with E-state index in [4.69, 9.17) is 9.84 Å². The first kappa shape index (κ1) is 13.1. The monoisotopic (exact) mass is 261 g/mol. The van der Waals surface area contributed by atoms with Crippen LogP contribution >= 0.6 is 0 Å². The SMILES string of the molecule is C=CCOc1ccc(C(=O)NC2(C(=O)O)CC2)cc1. The third-order valence-electron chi connectivity index (χ3n) is 3.00. The van der Waals surface area contributed by atoms with Crippen LogP contribution in [0.2, 0.25) is 0 Å². The number of rotatable bonds is 6. The zero-order valence-corrected chi connectivity index (χ0v) is 10.4. The van der Waals surface area contributed by atoms with Crippen LogP contribution in [-0.2, 0) is 4.79 Å². The second-order valence-electron chi connectivity index (χ2n) is 4.47. The fourth-order valence-electron chi connectivity index (χ4n) is 1.66. The minimum atomic E-state index is -1.06. The average Bonchev–Trinajstić information content (AvgIpc) is 3.18. The van der Waals surface area contributed by atoms with Crippen LogP contribution in [0.3, 0.4) is 0 Å². The Bertz CT molecular complexity index is 503. The van der Waals surface area contributed by atoms with E-state index in [9.17, 15) is 9.59 Å². The van der Waals surface area contributed by atoms with Crippen molar-refractivity contribution in [1.29, 1.82) is 0 Å². The molecule has 1 amide bonds. The number of ether oxygens (including phenoxy) is 1. The zero-order chi connectivity index (χ0) is 13.9. The molecule has 0 heterocycles. The molecule has 0 unspecified atom stereocenters. The number of hydrogen-bond donors (Lipinski definition) is 2. The van der Waals surface area contributed by atoms with Crippen molar-refractivity contribution in [2.24, 2.45) is 0 Å². The molecule has 0 aromatic heterocycles. The summed E-state index contributed by atoms with van der Waals surface area (Å²) in [5.41, 5.74) is -0.645. The molecule has 1 fully saturated rings. The Morgan fingerprint density at radius 1 is 1.37 bits per heavy atom. The van der Waals surface area contributed by atoms with Crippen LogP contribution in [0.5, 0.6) is 5.75 Å². The molecule has 19 heavy (non-hydrogen) atoms. The van der Waals surface area contributed by atoms with Gasteiger partial charge >= 0.3 is 5.97 Å². The first-order chi connectivity index (χ1) is 9.07. The molecule has 0 bridgehead atoms. The normalized spacial score (nSPS) is 15.4. The maximum absolute atomic E-state index is 11.9. The van der Waals surface area contributed by atoms with Crippen LogP contribution < -0.4 is 10.1 Å². The molecule has 1 aliphatic carbocycles. The predicted octanol–water partition coefficient (Wildman–Crippen LogP) is 1.60. The topological polar surface area (TPSA) is 75.6 Å². The number of carboxylic acids is 1. The van der Waals surface area contributed by atoms with Crippen molar-refractivity contribution in [3.05, 3.63) is 42.5 Å². The fourth-order valence-corrected chi connectivity index (χ4v) is 1.66. The summed E-state index contributed by atoms with van der Waals surface area (Å²) in [6.45, 7) is 3.94. The summed E-state index contributed by atoms with van der Waals surface area (Å²) in [6, 6.07) is 6.54. The molecule has 100 valence electrons. The maximum Gasteiger partial charge on any atom is 0.329 e. The Hall–Kier alpha value is -2.30. The molecule has 0 spiro atoms. The van der Waals surface area contributed by atoms with Crippen molar-refractivity contribution >= 4 is 11.9 Å². The third-order valence-corrected chi connectivity index (χ3v) is 3.00. The fraction of sp³-hybridized carbons (Fsp3) is 0.286.